The average molecular weight is 441 g/mol. The van der Waals surface area contributed by atoms with E-state index in [-0.39, 0.29) is 18.0 Å². The number of H-pyrrole nitrogens is 1. The minimum absolute atomic E-state index is 0. The van der Waals surface area contributed by atoms with E-state index in [1.54, 1.807) is 0 Å². The topological polar surface area (TPSA) is 36.1 Å². The summed E-state index contributed by atoms with van der Waals surface area (Å²) in [5.41, 5.74) is 4.76. The minimum atomic E-state index is 0. The molecule has 0 spiro atoms. The van der Waals surface area contributed by atoms with Gasteiger partial charge >= 0.3 is 0 Å². The number of benzene rings is 2. The molecule has 0 amide bonds. The van der Waals surface area contributed by atoms with Crippen LogP contribution in [0.15, 0.2) is 58.2 Å². The third-order valence-electron chi connectivity index (χ3n) is 6.39. The van der Waals surface area contributed by atoms with Gasteiger partial charge in [0.1, 0.15) is 0 Å². The highest BCUT2D eigenvalue weighted by molar-refractivity contribution is 8.00. The maximum Gasteiger partial charge on any atom is 0.251 e. The summed E-state index contributed by atoms with van der Waals surface area (Å²) >= 11 is 2.02. The Kier molecular flexibility index (Phi) is 6.87. The second kappa shape index (κ2) is 9.59. The highest BCUT2D eigenvalue weighted by atomic mass is 35.5. The highest BCUT2D eigenvalue weighted by Crippen LogP contribution is 2.31. The molecule has 0 radical (unpaired) electrons. The van der Waals surface area contributed by atoms with Crippen LogP contribution in [0.25, 0.3) is 10.9 Å². The van der Waals surface area contributed by atoms with Gasteiger partial charge in [-0.3, -0.25) is 9.69 Å². The SMILES string of the molecule is Cl.O=c1[nH]c2cc(CN3CCC(Sc4ccccc4)CC3)ccc2c2c1CCCC2. The lowest BCUT2D eigenvalue weighted by atomic mass is 9.89. The molecule has 0 atom stereocenters. The number of hydrogen-bond acceptors (Lipinski definition) is 3. The standard InChI is InChI=1S/C25H28N2OS.ClH/c28-25-23-9-5-4-8-21(23)22-11-10-18(16-24(22)26-25)17-27-14-12-20(13-15-27)29-19-6-2-1-3-7-19;/h1-3,6-7,10-11,16,20H,4-5,8-9,12-15,17H2,(H,26,28);1H. The van der Waals surface area contributed by atoms with Gasteiger partial charge in [-0.05, 0) is 80.9 Å². The lowest BCUT2D eigenvalue weighted by Crippen LogP contribution is -2.34. The molecule has 3 nitrogen and oxygen atoms in total. The Morgan fingerprint density at radius 1 is 0.967 bits per heavy atom. The van der Waals surface area contributed by atoms with Gasteiger partial charge in [0, 0.05) is 33.2 Å². The van der Waals surface area contributed by atoms with Crippen molar-refractivity contribution in [2.75, 3.05) is 13.1 Å². The number of likely N-dealkylation sites (tertiary alicyclic amines) is 1. The maximum absolute atomic E-state index is 12.5. The van der Waals surface area contributed by atoms with Crippen molar-refractivity contribution < 1.29 is 0 Å². The molecule has 2 heterocycles. The number of aromatic nitrogens is 1. The predicted octanol–water partition coefficient (Wildman–Crippen LogP) is 5.59. The van der Waals surface area contributed by atoms with E-state index in [9.17, 15) is 4.79 Å². The van der Waals surface area contributed by atoms with Gasteiger partial charge in [0.15, 0.2) is 0 Å². The molecule has 0 saturated carbocycles. The summed E-state index contributed by atoms with van der Waals surface area (Å²) in [5.74, 6) is 0. The molecule has 2 aliphatic rings. The molecular formula is C25H29ClN2OS. The molecule has 158 valence electrons. The fourth-order valence-corrected chi connectivity index (χ4v) is 5.99. The molecule has 3 aromatic rings. The van der Waals surface area contributed by atoms with Crippen molar-refractivity contribution in [3.05, 3.63) is 75.6 Å². The summed E-state index contributed by atoms with van der Waals surface area (Å²) in [6, 6.07) is 17.5. The summed E-state index contributed by atoms with van der Waals surface area (Å²) in [5, 5.41) is 1.97. The highest BCUT2D eigenvalue weighted by Gasteiger charge is 2.21. The second-order valence-corrected chi connectivity index (χ2v) is 9.78. The normalized spacial score (nSPS) is 17.5. The summed E-state index contributed by atoms with van der Waals surface area (Å²) in [7, 11) is 0. The molecule has 1 aliphatic carbocycles. The van der Waals surface area contributed by atoms with Gasteiger partial charge in [-0.2, -0.15) is 0 Å². The number of piperidine rings is 1. The number of thioether (sulfide) groups is 1. The van der Waals surface area contributed by atoms with Gasteiger partial charge < -0.3 is 4.98 Å². The van der Waals surface area contributed by atoms with Crippen molar-refractivity contribution in [3.63, 3.8) is 0 Å². The smallest absolute Gasteiger partial charge is 0.251 e. The lowest BCUT2D eigenvalue weighted by Gasteiger charge is -2.31. The quantitative estimate of drug-likeness (QED) is 0.574. The molecule has 5 rings (SSSR count). The molecule has 5 heteroatoms. The van der Waals surface area contributed by atoms with Crippen LogP contribution in [0.4, 0.5) is 0 Å². The van der Waals surface area contributed by atoms with Crippen LogP contribution in [-0.2, 0) is 19.4 Å². The first-order valence-electron chi connectivity index (χ1n) is 10.9. The molecule has 30 heavy (non-hydrogen) atoms. The molecule has 1 aromatic heterocycles. The molecule has 2 aromatic carbocycles. The molecule has 1 aliphatic heterocycles. The first-order chi connectivity index (χ1) is 14.3. The van der Waals surface area contributed by atoms with E-state index < -0.39 is 0 Å². The van der Waals surface area contributed by atoms with Gasteiger partial charge in [0.25, 0.3) is 5.56 Å². The number of nitrogens with one attached hydrogen (secondary N) is 1. The van der Waals surface area contributed by atoms with Crippen molar-refractivity contribution in [2.45, 2.75) is 55.2 Å². The Bertz CT molecular complexity index is 1060. The van der Waals surface area contributed by atoms with Crippen LogP contribution < -0.4 is 5.56 Å². The molecule has 1 saturated heterocycles. The number of halogens is 1. The van der Waals surface area contributed by atoms with E-state index in [1.807, 2.05) is 11.8 Å². The first kappa shape index (κ1) is 21.5. The van der Waals surface area contributed by atoms with Crippen LogP contribution in [-0.4, -0.2) is 28.2 Å². The molecule has 1 fully saturated rings. The van der Waals surface area contributed by atoms with Crippen molar-refractivity contribution in [3.8, 4) is 0 Å². The minimum Gasteiger partial charge on any atom is -0.322 e. The Balaban J connectivity index is 0.00000218. The van der Waals surface area contributed by atoms with Gasteiger partial charge in [-0.15, -0.1) is 24.2 Å². The van der Waals surface area contributed by atoms with E-state index in [2.05, 4.69) is 58.4 Å². The van der Waals surface area contributed by atoms with E-state index >= 15 is 0 Å². The predicted molar refractivity (Wildman–Crippen MR) is 129 cm³/mol. The van der Waals surface area contributed by atoms with Gasteiger partial charge in [0.2, 0.25) is 0 Å². The van der Waals surface area contributed by atoms with Crippen molar-refractivity contribution in [1.29, 1.82) is 0 Å². The monoisotopic (exact) mass is 440 g/mol. The second-order valence-electron chi connectivity index (χ2n) is 8.40. The van der Waals surface area contributed by atoms with Crippen LogP contribution in [0.2, 0.25) is 0 Å². The van der Waals surface area contributed by atoms with Gasteiger partial charge in [0.05, 0.1) is 0 Å². The zero-order chi connectivity index (χ0) is 19.6. The van der Waals surface area contributed by atoms with Crippen LogP contribution in [0.3, 0.4) is 0 Å². The van der Waals surface area contributed by atoms with Crippen molar-refractivity contribution >= 4 is 35.1 Å². The Labute approximate surface area is 188 Å². The van der Waals surface area contributed by atoms with E-state index in [0.717, 1.165) is 50.0 Å². The van der Waals surface area contributed by atoms with Crippen molar-refractivity contribution in [2.24, 2.45) is 0 Å². The Hall–Kier alpha value is -1.75. The van der Waals surface area contributed by atoms with E-state index in [0.29, 0.717) is 5.25 Å². The molecule has 1 N–H and O–H groups in total. The van der Waals surface area contributed by atoms with Gasteiger partial charge in [-0.1, -0.05) is 30.3 Å². The molecular weight excluding hydrogens is 412 g/mol. The number of hydrogen-bond donors (Lipinski definition) is 1. The number of aryl methyl sites for hydroxylation is 1. The van der Waals surface area contributed by atoms with Crippen LogP contribution in [0.1, 0.15) is 42.4 Å². The summed E-state index contributed by atoms with van der Waals surface area (Å²) in [6.07, 6.45) is 6.77. The number of aromatic amines is 1. The molecule has 0 unspecified atom stereocenters. The number of rotatable bonds is 4. The fourth-order valence-electron chi connectivity index (χ4n) is 4.84. The maximum atomic E-state index is 12.5. The number of nitrogens with zero attached hydrogens (tertiary/aromatic N) is 1. The van der Waals surface area contributed by atoms with E-state index in [1.165, 1.54) is 40.7 Å². The largest absolute Gasteiger partial charge is 0.322 e. The third-order valence-corrected chi connectivity index (χ3v) is 7.74. The van der Waals surface area contributed by atoms with Crippen molar-refractivity contribution in [1.82, 2.24) is 9.88 Å². The third kappa shape index (κ3) is 4.61. The van der Waals surface area contributed by atoms with E-state index in [4.69, 9.17) is 0 Å². The summed E-state index contributed by atoms with van der Waals surface area (Å²) in [4.78, 5) is 19.6. The molecule has 0 bridgehead atoms. The average Bonchev–Trinajstić information content (AvgIpc) is 2.76. The lowest BCUT2D eigenvalue weighted by molar-refractivity contribution is 0.225. The van der Waals surface area contributed by atoms with Crippen LogP contribution in [0, 0.1) is 0 Å². The van der Waals surface area contributed by atoms with Gasteiger partial charge in [-0.25, -0.2) is 0 Å². The van der Waals surface area contributed by atoms with Crippen LogP contribution >= 0.6 is 24.2 Å². The number of pyridine rings is 1. The zero-order valence-corrected chi connectivity index (χ0v) is 18.9. The Morgan fingerprint density at radius 2 is 1.70 bits per heavy atom. The number of fused-ring (bicyclic) bond motifs is 3. The summed E-state index contributed by atoms with van der Waals surface area (Å²) in [6.45, 7) is 3.25. The van der Waals surface area contributed by atoms with Crippen LogP contribution in [0.5, 0.6) is 0 Å². The zero-order valence-electron chi connectivity index (χ0n) is 17.2. The Morgan fingerprint density at radius 3 is 2.47 bits per heavy atom. The summed E-state index contributed by atoms with van der Waals surface area (Å²) < 4.78 is 0. The first-order valence-corrected chi connectivity index (χ1v) is 11.7. The fraction of sp³-hybridized carbons (Fsp3) is 0.400.